The minimum absolute atomic E-state index is 0.0371. The zero-order valence-electron chi connectivity index (χ0n) is 11.4. The monoisotopic (exact) mass is 279 g/mol. The van der Waals surface area contributed by atoms with Crippen molar-refractivity contribution in [1.82, 2.24) is 9.88 Å². The fourth-order valence-electron chi connectivity index (χ4n) is 2.23. The molecule has 1 unspecified atom stereocenters. The molecule has 1 aromatic heterocycles. The molecule has 0 saturated carbocycles. The van der Waals surface area contributed by atoms with Crippen LogP contribution in [0.4, 0.5) is 5.82 Å². The van der Waals surface area contributed by atoms with E-state index in [1.165, 1.54) is 11.1 Å². The Bertz CT molecular complexity index is 532. The number of likely N-dealkylation sites (tertiary alicyclic amines) is 1. The van der Waals surface area contributed by atoms with Crippen LogP contribution in [0.15, 0.2) is 18.3 Å². The van der Waals surface area contributed by atoms with Crippen LogP contribution in [-0.2, 0) is 4.79 Å². The Hall–Kier alpha value is -2.15. The molecule has 7 nitrogen and oxygen atoms in total. The van der Waals surface area contributed by atoms with Crippen molar-refractivity contribution in [1.29, 1.82) is 0 Å². The maximum absolute atomic E-state index is 12.4. The number of aliphatic hydroxyl groups excluding tert-OH is 1. The van der Waals surface area contributed by atoms with E-state index in [-0.39, 0.29) is 13.0 Å². The molecule has 1 aromatic rings. The summed E-state index contributed by atoms with van der Waals surface area (Å²) in [5, 5.41) is 18.7. The molecule has 2 rings (SSSR count). The summed E-state index contributed by atoms with van der Waals surface area (Å²) in [4.78, 5) is 30.6. The van der Waals surface area contributed by atoms with E-state index in [0.717, 1.165) is 0 Å². The molecule has 2 heterocycles. The van der Waals surface area contributed by atoms with Crippen molar-refractivity contribution in [2.75, 3.05) is 25.5 Å². The number of aliphatic hydroxyl groups is 1. The van der Waals surface area contributed by atoms with E-state index in [2.05, 4.69) is 4.98 Å². The lowest BCUT2D eigenvalue weighted by atomic mass is 10.2. The van der Waals surface area contributed by atoms with E-state index < -0.39 is 24.0 Å². The smallest absolute Gasteiger partial charge is 0.326 e. The molecule has 1 saturated heterocycles. The highest BCUT2D eigenvalue weighted by Gasteiger charge is 2.39. The van der Waals surface area contributed by atoms with Gasteiger partial charge in [-0.3, -0.25) is 4.79 Å². The Morgan fingerprint density at radius 3 is 2.75 bits per heavy atom. The molecule has 2 N–H and O–H groups in total. The van der Waals surface area contributed by atoms with Crippen LogP contribution in [0.3, 0.4) is 0 Å². The lowest BCUT2D eigenvalue weighted by Gasteiger charge is -2.21. The first-order chi connectivity index (χ1) is 9.40. The molecule has 7 heteroatoms. The summed E-state index contributed by atoms with van der Waals surface area (Å²) in [6.07, 6.45) is 0.771. The number of amides is 1. The summed E-state index contributed by atoms with van der Waals surface area (Å²) in [5.41, 5.74) is 0.365. The van der Waals surface area contributed by atoms with E-state index in [1.807, 2.05) is 0 Å². The standard InChI is InChI=1S/C13H17N3O4/c1-15(2)11-5-8(3-4-14-11)12(18)16-7-9(17)6-10(16)13(19)20/h3-5,9-10,17H,6-7H2,1-2H3,(H,19,20)/t9?,10-/m0/s1. The highest BCUT2D eigenvalue weighted by atomic mass is 16.4. The van der Waals surface area contributed by atoms with Gasteiger partial charge < -0.3 is 20.0 Å². The second-order valence-corrected chi connectivity index (χ2v) is 5.00. The van der Waals surface area contributed by atoms with Crippen LogP contribution < -0.4 is 4.90 Å². The summed E-state index contributed by atoms with van der Waals surface area (Å²) < 4.78 is 0. The van der Waals surface area contributed by atoms with Crippen molar-refractivity contribution in [2.45, 2.75) is 18.6 Å². The van der Waals surface area contributed by atoms with Gasteiger partial charge in [0.2, 0.25) is 0 Å². The summed E-state index contributed by atoms with van der Waals surface area (Å²) in [6, 6.07) is 2.17. The molecule has 0 aromatic carbocycles. The van der Waals surface area contributed by atoms with E-state index in [0.29, 0.717) is 11.4 Å². The number of aromatic nitrogens is 1. The van der Waals surface area contributed by atoms with E-state index in [9.17, 15) is 14.7 Å². The van der Waals surface area contributed by atoms with E-state index >= 15 is 0 Å². The Morgan fingerprint density at radius 1 is 1.45 bits per heavy atom. The topological polar surface area (TPSA) is 94.0 Å². The lowest BCUT2D eigenvalue weighted by molar-refractivity contribution is -0.141. The van der Waals surface area contributed by atoms with Gasteiger partial charge in [0.15, 0.2) is 0 Å². The highest BCUT2D eigenvalue weighted by Crippen LogP contribution is 2.22. The third-order valence-electron chi connectivity index (χ3n) is 3.28. The molecule has 0 aliphatic carbocycles. The van der Waals surface area contributed by atoms with Gasteiger partial charge in [-0.05, 0) is 12.1 Å². The van der Waals surface area contributed by atoms with Gasteiger partial charge >= 0.3 is 5.97 Å². The molecule has 108 valence electrons. The molecule has 1 aliphatic rings. The number of hydrogen-bond donors (Lipinski definition) is 2. The quantitative estimate of drug-likeness (QED) is 0.796. The van der Waals surface area contributed by atoms with E-state index in [4.69, 9.17) is 5.11 Å². The van der Waals surface area contributed by atoms with Crippen LogP contribution in [0.1, 0.15) is 16.8 Å². The molecule has 2 atom stereocenters. The van der Waals surface area contributed by atoms with E-state index in [1.54, 1.807) is 31.1 Å². The molecule has 0 radical (unpaired) electrons. The summed E-state index contributed by atoms with van der Waals surface area (Å²) >= 11 is 0. The van der Waals surface area contributed by atoms with Crippen LogP contribution in [-0.4, -0.2) is 64.8 Å². The zero-order valence-corrected chi connectivity index (χ0v) is 11.4. The molecule has 0 spiro atoms. The van der Waals surface area contributed by atoms with Crippen LogP contribution in [0.25, 0.3) is 0 Å². The third-order valence-corrected chi connectivity index (χ3v) is 3.28. The lowest BCUT2D eigenvalue weighted by Crippen LogP contribution is -2.40. The Balaban J connectivity index is 2.26. The average molecular weight is 279 g/mol. The van der Waals surface area contributed by atoms with Crippen molar-refractivity contribution in [3.8, 4) is 0 Å². The molecule has 20 heavy (non-hydrogen) atoms. The average Bonchev–Trinajstić information content (AvgIpc) is 2.80. The third kappa shape index (κ3) is 2.72. The number of hydrogen-bond acceptors (Lipinski definition) is 5. The SMILES string of the molecule is CN(C)c1cc(C(=O)N2CC(O)C[C@H]2C(=O)O)ccn1. The van der Waals surface area contributed by atoms with Gasteiger partial charge in [0, 0.05) is 38.8 Å². The van der Waals surface area contributed by atoms with Crippen molar-refractivity contribution in [3.05, 3.63) is 23.9 Å². The molecular weight excluding hydrogens is 262 g/mol. The fraction of sp³-hybridized carbons (Fsp3) is 0.462. The van der Waals surface area contributed by atoms with Crippen LogP contribution in [0.5, 0.6) is 0 Å². The first kappa shape index (κ1) is 14.3. The Morgan fingerprint density at radius 2 is 2.15 bits per heavy atom. The fourth-order valence-corrected chi connectivity index (χ4v) is 2.23. The van der Waals surface area contributed by atoms with Gasteiger partial charge in [-0.25, -0.2) is 9.78 Å². The molecule has 0 bridgehead atoms. The molecule has 1 amide bonds. The maximum atomic E-state index is 12.4. The number of aliphatic carboxylic acids is 1. The minimum Gasteiger partial charge on any atom is -0.480 e. The van der Waals surface area contributed by atoms with Gasteiger partial charge in [0.1, 0.15) is 11.9 Å². The summed E-state index contributed by atoms with van der Waals surface area (Å²) in [5.74, 6) is -0.890. The zero-order chi connectivity index (χ0) is 14.9. The first-order valence-electron chi connectivity index (χ1n) is 6.25. The second-order valence-electron chi connectivity index (χ2n) is 5.00. The highest BCUT2D eigenvalue weighted by molar-refractivity contribution is 5.97. The molecule has 1 fully saturated rings. The van der Waals surface area contributed by atoms with Gasteiger partial charge in [0.05, 0.1) is 6.10 Å². The van der Waals surface area contributed by atoms with Gasteiger partial charge in [0.25, 0.3) is 5.91 Å². The molecular formula is C13H17N3O4. The number of β-amino-alcohol motifs (C(OH)–C–C–N with tert-alkyl or cyclic N) is 1. The van der Waals surface area contributed by atoms with Crippen molar-refractivity contribution >= 4 is 17.7 Å². The van der Waals surface area contributed by atoms with Crippen LogP contribution in [0, 0.1) is 0 Å². The van der Waals surface area contributed by atoms with Crippen molar-refractivity contribution in [3.63, 3.8) is 0 Å². The largest absolute Gasteiger partial charge is 0.480 e. The number of carboxylic acids is 1. The number of pyridine rings is 1. The van der Waals surface area contributed by atoms with Crippen LogP contribution >= 0.6 is 0 Å². The second kappa shape index (κ2) is 5.46. The number of anilines is 1. The van der Waals surface area contributed by atoms with Crippen molar-refractivity contribution < 1.29 is 19.8 Å². The first-order valence-corrected chi connectivity index (χ1v) is 6.25. The maximum Gasteiger partial charge on any atom is 0.326 e. The van der Waals surface area contributed by atoms with Crippen molar-refractivity contribution in [2.24, 2.45) is 0 Å². The van der Waals surface area contributed by atoms with Gasteiger partial charge in [-0.2, -0.15) is 0 Å². The Kier molecular flexibility index (Phi) is 3.89. The number of nitrogens with zero attached hydrogens (tertiary/aromatic N) is 3. The number of carboxylic acid groups (broad SMARTS) is 1. The predicted molar refractivity (Wildman–Crippen MR) is 71.6 cm³/mol. The van der Waals surface area contributed by atoms with Gasteiger partial charge in [-0.1, -0.05) is 0 Å². The predicted octanol–water partition coefficient (Wildman–Crippen LogP) is -0.192. The number of rotatable bonds is 3. The Labute approximate surface area is 116 Å². The van der Waals surface area contributed by atoms with Gasteiger partial charge in [-0.15, -0.1) is 0 Å². The molecule has 1 aliphatic heterocycles. The number of carbonyl (C=O) groups is 2. The minimum atomic E-state index is -1.10. The number of carbonyl (C=O) groups excluding carboxylic acids is 1. The summed E-state index contributed by atoms with van der Waals surface area (Å²) in [6.45, 7) is 0.0371. The normalized spacial score (nSPS) is 21.9. The summed E-state index contributed by atoms with van der Waals surface area (Å²) in [7, 11) is 3.60. The van der Waals surface area contributed by atoms with Crippen LogP contribution in [0.2, 0.25) is 0 Å².